The fourth-order valence-corrected chi connectivity index (χ4v) is 1.52. The zero-order valence-electron chi connectivity index (χ0n) is 9.39. The Morgan fingerprint density at radius 1 is 1.29 bits per heavy atom. The number of benzene rings is 1. The SMILES string of the molecule is CCO/N=C(/c1ccc(Cl)cc1)c1ccco1. The maximum atomic E-state index is 5.85. The van der Waals surface area contributed by atoms with Crippen molar-refractivity contribution < 1.29 is 9.25 Å². The topological polar surface area (TPSA) is 34.7 Å². The summed E-state index contributed by atoms with van der Waals surface area (Å²) in [6, 6.07) is 11.0. The van der Waals surface area contributed by atoms with E-state index in [0.29, 0.717) is 23.1 Å². The van der Waals surface area contributed by atoms with Crippen molar-refractivity contribution in [3.8, 4) is 0 Å². The number of hydrogen-bond acceptors (Lipinski definition) is 3. The molecule has 3 nitrogen and oxygen atoms in total. The molecule has 88 valence electrons. The lowest BCUT2D eigenvalue weighted by Crippen LogP contribution is -2.03. The zero-order valence-corrected chi connectivity index (χ0v) is 10.1. The van der Waals surface area contributed by atoms with Crippen molar-refractivity contribution in [1.82, 2.24) is 0 Å². The molecule has 0 radical (unpaired) electrons. The van der Waals surface area contributed by atoms with E-state index in [1.54, 1.807) is 18.4 Å². The summed E-state index contributed by atoms with van der Waals surface area (Å²) in [6.45, 7) is 2.39. The van der Waals surface area contributed by atoms with Gasteiger partial charge in [0, 0.05) is 10.6 Å². The first-order valence-electron chi connectivity index (χ1n) is 5.31. The Labute approximate surface area is 105 Å². The fourth-order valence-electron chi connectivity index (χ4n) is 1.39. The van der Waals surface area contributed by atoms with Crippen LogP contribution >= 0.6 is 11.6 Å². The molecular weight excluding hydrogens is 238 g/mol. The van der Waals surface area contributed by atoms with Gasteiger partial charge in [-0.1, -0.05) is 28.9 Å². The van der Waals surface area contributed by atoms with Gasteiger partial charge in [-0.05, 0) is 31.2 Å². The van der Waals surface area contributed by atoms with Crippen LogP contribution in [0.1, 0.15) is 18.2 Å². The molecule has 0 amide bonds. The van der Waals surface area contributed by atoms with Gasteiger partial charge >= 0.3 is 0 Å². The van der Waals surface area contributed by atoms with E-state index < -0.39 is 0 Å². The first kappa shape index (κ1) is 11.7. The van der Waals surface area contributed by atoms with Gasteiger partial charge in [0.05, 0.1) is 6.26 Å². The van der Waals surface area contributed by atoms with Gasteiger partial charge in [-0.25, -0.2) is 0 Å². The van der Waals surface area contributed by atoms with Crippen molar-refractivity contribution in [2.45, 2.75) is 6.92 Å². The molecule has 1 aromatic heterocycles. The van der Waals surface area contributed by atoms with Gasteiger partial charge in [0.15, 0.2) is 11.5 Å². The minimum absolute atomic E-state index is 0.512. The first-order chi connectivity index (χ1) is 8.31. The molecule has 0 unspecified atom stereocenters. The fraction of sp³-hybridized carbons (Fsp3) is 0.154. The average Bonchev–Trinajstić information content (AvgIpc) is 2.85. The van der Waals surface area contributed by atoms with Gasteiger partial charge in [0.25, 0.3) is 0 Å². The van der Waals surface area contributed by atoms with Crippen molar-refractivity contribution in [1.29, 1.82) is 0 Å². The summed E-state index contributed by atoms with van der Waals surface area (Å²) in [7, 11) is 0. The average molecular weight is 250 g/mol. The molecule has 0 aliphatic carbocycles. The van der Waals surface area contributed by atoms with E-state index in [4.69, 9.17) is 20.9 Å². The maximum Gasteiger partial charge on any atom is 0.156 e. The van der Waals surface area contributed by atoms with E-state index in [1.165, 1.54) is 0 Å². The van der Waals surface area contributed by atoms with E-state index >= 15 is 0 Å². The number of hydrogen-bond donors (Lipinski definition) is 0. The molecule has 2 aromatic rings. The molecule has 0 atom stereocenters. The van der Waals surface area contributed by atoms with Crippen molar-refractivity contribution in [3.05, 3.63) is 59.0 Å². The van der Waals surface area contributed by atoms with Gasteiger partial charge in [-0.15, -0.1) is 0 Å². The van der Waals surface area contributed by atoms with E-state index in [9.17, 15) is 0 Å². The third-order valence-corrected chi connectivity index (χ3v) is 2.41. The minimum atomic E-state index is 0.512. The van der Waals surface area contributed by atoms with Crippen LogP contribution in [0.4, 0.5) is 0 Å². The monoisotopic (exact) mass is 249 g/mol. The summed E-state index contributed by atoms with van der Waals surface area (Å²) >= 11 is 5.85. The maximum absolute atomic E-state index is 5.85. The van der Waals surface area contributed by atoms with Crippen molar-refractivity contribution >= 4 is 17.3 Å². The summed E-state index contributed by atoms with van der Waals surface area (Å²) in [5.74, 6) is 0.667. The second-order valence-corrected chi connectivity index (χ2v) is 3.78. The third kappa shape index (κ3) is 2.88. The summed E-state index contributed by atoms with van der Waals surface area (Å²) in [5, 5.41) is 4.75. The second-order valence-electron chi connectivity index (χ2n) is 3.34. The molecule has 0 N–H and O–H groups in total. The summed E-state index contributed by atoms with van der Waals surface area (Å²) < 4.78 is 5.33. The highest BCUT2D eigenvalue weighted by Crippen LogP contribution is 2.15. The molecule has 0 bridgehead atoms. The first-order valence-corrected chi connectivity index (χ1v) is 5.69. The van der Waals surface area contributed by atoms with Crippen molar-refractivity contribution in [2.75, 3.05) is 6.61 Å². The molecule has 0 saturated carbocycles. The highest BCUT2D eigenvalue weighted by molar-refractivity contribution is 6.30. The molecule has 0 aliphatic heterocycles. The Kier molecular flexibility index (Phi) is 3.83. The summed E-state index contributed by atoms with van der Waals surface area (Å²) in [4.78, 5) is 5.10. The van der Waals surface area contributed by atoms with Crippen LogP contribution in [0.15, 0.2) is 52.2 Å². The molecule has 1 heterocycles. The molecule has 0 spiro atoms. The standard InChI is InChI=1S/C13H12ClNO2/c1-2-17-15-13(12-4-3-9-16-12)10-5-7-11(14)8-6-10/h3-9H,2H2,1H3/b15-13-. The van der Waals surface area contributed by atoms with Gasteiger partial charge in [0.2, 0.25) is 0 Å². The molecule has 0 aliphatic rings. The number of nitrogens with zero attached hydrogens (tertiary/aromatic N) is 1. The number of oxime groups is 1. The van der Waals surface area contributed by atoms with Gasteiger partial charge < -0.3 is 9.25 Å². The van der Waals surface area contributed by atoms with Crippen LogP contribution in [-0.4, -0.2) is 12.3 Å². The number of halogens is 1. The van der Waals surface area contributed by atoms with E-state index in [1.807, 2.05) is 31.2 Å². The number of furan rings is 1. The van der Waals surface area contributed by atoms with E-state index in [2.05, 4.69) is 5.16 Å². The Morgan fingerprint density at radius 3 is 2.65 bits per heavy atom. The normalized spacial score (nSPS) is 11.5. The van der Waals surface area contributed by atoms with Crippen molar-refractivity contribution in [2.24, 2.45) is 5.16 Å². The van der Waals surface area contributed by atoms with Crippen LogP contribution in [0.2, 0.25) is 5.02 Å². The Bertz CT molecular complexity index is 489. The predicted octanol–water partition coefficient (Wildman–Crippen LogP) is 3.72. The van der Waals surface area contributed by atoms with E-state index in [-0.39, 0.29) is 0 Å². The Balaban J connectivity index is 2.37. The largest absolute Gasteiger partial charge is 0.463 e. The summed E-state index contributed by atoms with van der Waals surface area (Å²) in [5.41, 5.74) is 1.56. The van der Waals surface area contributed by atoms with Gasteiger partial charge in [-0.2, -0.15) is 0 Å². The Hall–Kier alpha value is -1.74. The highest BCUT2D eigenvalue weighted by atomic mass is 35.5. The lowest BCUT2D eigenvalue weighted by Gasteiger charge is -2.03. The lowest BCUT2D eigenvalue weighted by atomic mass is 10.1. The molecule has 1 aromatic carbocycles. The molecule has 0 fully saturated rings. The zero-order chi connectivity index (χ0) is 12.1. The van der Waals surface area contributed by atoms with Gasteiger partial charge in [-0.3, -0.25) is 0 Å². The van der Waals surface area contributed by atoms with Crippen LogP contribution in [0.5, 0.6) is 0 Å². The predicted molar refractivity (Wildman–Crippen MR) is 67.4 cm³/mol. The van der Waals surface area contributed by atoms with Crippen LogP contribution < -0.4 is 0 Å². The van der Waals surface area contributed by atoms with Crippen LogP contribution in [-0.2, 0) is 4.84 Å². The molecular formula is C13H12ClNO2. The quantitative estimate of drug-likeness (QED) is 0.611. The summed E-state index contributed by atoms with van der Waals surface area (Å²) in [6.07, 6.45) is 1.60. The second kappa shape index (κ2) is 5.55. The third-order valence-electron chi connectivity index (χ3n) is 2.16. The minimum Gasteiger partial charge on any atom is -0.463 e. The molecule has 2 rings (SSSR count). The molecule has 4 heteroatoms. The molecule has 0 saturated heterocycles. The Morgan fingerprint density at radius 2 is 2.06 bits per heavy atom. The van der Waals surface area contributed by atoms with E-state index in [0.717, 1.165) is 5.56 Å². The smallest absolute Gasteiger partial charge is 0.156 e. The van der Waals surface area contributed by atoms with Crippen molar-refractivity contribution in [3.63, 3.8) is 0 Å². The lowest BCUT2D eigenvalue weighted by molar-refractivity contribution is 0.159. The highest BCUT2D eigenvalue weighted by Gasteiger charge is 2.10. The van der Waals surface area contributed by atoms with Crippen LogP contribution in [0, 0.1) is 0 Å². The van der Waals surface area contributed by atoms with Crippen LogP contribution in [0.3, 0.4) is 0 Å². The number of rotatable bonds is 4. The van der Waals surface area contributed by atoms with Crippen LogP contribution in [0.25, 0.3) is 0 Å². The molecule has 17 heavy (non-hydrogen) atoms. The van der Waals surface area contributed by atoms with Gasteiger partial charge in [0.1, 0.15) is 6.61 Å².